The number of aryl methyl sites for hydroxylation is 1. The number of aromatic amines is 1. The maximum absolute atomic E-state index is 13.5. The van der Waals surface area contributed by atoms with Gasteiger partial charge in [0.25, 0.3) is 0 Å². The van der Waals surface area contributed by atoms with Crippen LogP contribution in [0.1, 0.15) is 12.5 Å². The first-order valence-electron chi connectivity index (χ1n) is 5.50. The van der Waals surface area contributed by atoms with Crippen LogP contribution in [-0.4, -0.2) is 9.97 Å². The van der Waals surface area contributed by atoms with E-state index in [2.05, 4.69) is 23.0 Å². The number of benzene rings is 1. The second kappa shape index (κ2) is 3.96. The van der Waals surface area contributed by atoms with E-state index < -0.39 is 0 Å². The molecule has 0 bridgehead atoms. The fourth-order valence-electron chi connectivity index (χ4n) is 1.93. The van der Waals surface area contributed by atoms with Crippen LogP contribution in [0.15, 0.2) is 29.6 Å². The Morgan fingerprint density at radius 1 is 1.35 bits per heavy atom. The van der Waals surface area contributed by atoms with Crippen LogP contribution in [-0.2, 0) is 6.42 Å². The standard InChI is InChI=1S/C13H11FN2S/c1-2-8-6-7-17-12(8)13-15-10-5-3-4-9(14)11(10)16-13/h3-7H,2H2,1H3,(H,15,16). The van der Waals surface area contributed by atoms with Gasteiger partial charge in [0, 0.05) is 0 Å². The van der Waals surface area contributed by atoms with Gasteiger partial charge in [-0.2, -0.15) is 0 Å². The highest BCUT2D eigenvalue weighted by Crippen LogP contribution is 2.29. The Hall–Kier alpha value is -1.68. The molecule has 0 fully saturated rings. The van der Waals surface area contributed by atoms with Gasteiger partial charge in [0.15, 0.2) is 5.82 Å². The van der Waals surface area contributed by atoms with Crippen LogP contribution in [0.3, 0.4) is 0 Å². The largest absolute Gasteiger partial charge is 0.337 e. The number of aromatic nitrogens is 2. The van der Waals surface area contributed by atoms with E-state index in [0.717, 1.165) is 22.6 Å². The summed E-state index contributed by atoms with van der Waals surface area (Å²) in [6, 6.07) is 7.05. The zero-order chi connectivity index (χ0) is 11.8. The zero-order valence-electron chi connectivity index (χ0n) is 9.33. The minimum Gasteiger partial charge on any atom is -0.337 e. The second-order valence-electron chi connectivity index (χ2n) is 3.85. The molecule has 4 heteroatoms. The highest BCUT2D eigenvalue weighted by atomic mass is 32.1. The lowest BCUT2D eigenvalue weighted by molar-refractivity contribution is 0.637. The SMILES string of the molecule is CCc1ccsc1-c1nc2c(F)cccc2[nH]1. The summed E-state index contributed by atoms with van der Waals surface area (Å²) in [5.41, 5.74) is 2.41. The molecule has 0 radical (unpaired) electrons. The molecular weight excluding hydrogens is 235 g/mol. The maximum atomic E-state index is 13.5. The number of hydrogen-bond donors (Lipinski definition) is 1. The van der Waals surface area contributed by atoms with E-state index in [9.17, 15) is 4.39 Å². The number of rotatable bonds is 2. The van der Waals surface area contributed by atoms with Gasteiger partial charge in [-0.25, -0.2) is 9.37 Å². The van der Waals surface area contributed by atoms with Gasteiger partial charge < -0.3 is 4.98 Å². The molecule has 0 spiro atoms. The highest BCUT2D eigenvalue weighted by molar-refractivity contribution is 7.13. The van der Waals surface area contributed by atoms with Gasteiger partial charge in [0.05, 0.1) is 10.4 Å². The lowest BCUT2D eigenvalue weighted by Crippen LogP contribution is -1.82. The number of H-pyrrole nitrogens is 1. The van der Waals surface area contributed by atoms with Crippen LogP contribution < -0.4 is 0 Å². The molecule has 2 aromatic heterocycles. The quantitative estimate of drug-likeness (QED) is 0.727. The third kappa shape index (κ3) is 1.65. The van der Waals surface area contributed by atoms with Gasteiger partial charge in [-0.3, -0.25) is 0 Å². The van der Waals surface area contributed by atoms with Crippen molar-refractivity contribution in [1.82, 2.24) is 9.97 Å². The number of nitrogens with one attached hydrogen (secondary N) is 1. The fraction of sp³-hybridized carbons (Fsp3) is 0.154. The smallest absolute Gasteiger partial charge is 0.151 e. The average molecular weight is 246 g/mol. The first-order valence-corrected chi connectivity index (χ1v) is 6.38. The van der Waals surface area contributed by atoms with E-state index >= 15 is 0 Å². The van der Waals surface area contributed by atoms with Gasteiger partial charge in [-0.05, 0) is 35.6 Å². The monoisotopic (exact) mass is 246 g/mol. The Morgan fingerprint density at radius 2 is 2.24 bits per heavy atom. The first-order chi connectivity index (χ1) is 8.29. The Bertz CT molecular complexity index is 669. The Kier molecular flexibility index (Phi) is 2.44. The van der Waals surface area contributed by atoms with Gasteiger partial charge in [0.1, 0.15) is 11.3 Å². The van der Waals surface area contributed by atoms with Crippen molar-refractivity contribution in [3.05, 3.63) is 41.0 Å². The first kappa shape index (κ1) is 10.5. The van der Waals surface area contributed by atoms with Crippen molar-refractivity contribution >= 4 is 22.4 Å². The number of para-hydroxylation sites is 1. The predicted molar refractivity (Wildman–Crippen MR) is 68.7 cm³/mol. The molecule has 3 rings (SSSR count). The van der Waals surface area contributed by atoms with Gasteiger partial charge in [-0.1, -0.05) is 13.0 Å². The molecule has 86 valence electrons. The number of fused-ring (bicyclic) bond motifs is 1. The van der Waals surface area contributed by atoms with Gasteiger partial charge in [-0.15, -0.1) is 11.3 Å². The molecule has 1 aromatic carbocycles. The molecule has 0 aliphatic rings. The van der Waals surface area contributed by atoms with Crippen LogP contribution >= 0.6 is 11.3 Å². The molecule has 0 aliphatic carbocycles. The molecule has 2 nitrogen and oxygen atoms in total. The van der Waals surface area contributed by atoms with Gasteiger partial charge >= 0.3 is 0 Å². The van der Waals surface area contributed by atoms with Crippen molar-refractivity contribution in [2.75, 3.05) is 0 Å². The molecular formula is C13H11FN2S. The van der Waals surface area contributed by atoms with E-state index in [1.54, 1.807) is 17.4 Å². The van der Waals surface area contributed by atoms with Crippen molar-refractivity contribution in [2.24, 2.45) is 0 Å². The van der Waals surface area contributed by atoms with Crippen molar-refractivity contribution in [3.63, 3.8) is 0 Å². The zero-order valence-corrected chi connectivity index (χ0v) is 10.1. The Balaban J connectivity index is 2.22. The van der Waals surface area contributed by atoms with Crippen LogP contribution in [0.2, 0.25) is 0 Å². The third-order valence-corrected chi connectivity index (χ3v) is 3.77. The Morgan fingerprint density at radius 3 is 3.00 bits per heavy atom. The van der Waals surface area contributed by atoms with E-state index in [0.29, 0.717) is 5.52 Å². The fourth-order valence-corrected chi connectivity index (χ4v) is 2.87. The number of nitrogens with zero attached hydrogens (tertiary/aromatic N) is 1. The topological polar surface area (TPSA) is 28.7 Å². The van der Waals surface area contributed by atoms with E-state index in [1.807, 2.05) is 11.4 Å². The number of hydrogen-bond acceptors (Lipinski definition) is 2. The van der Waals surface area contributed by atoms with Crippen LogP contribution in [0.25, 0.3) is 21.7 Å². The summed E-state index contributed by atoms with van der Waals surface area (Å²) in [4.78, 5) is 8.62. The summed E-state index contributed by atoms with van der Waals surface area (Å²) in [6.07, 6.45) is 0.957. The molecule has 2 heterocycles. The van der Waals surface area contributed by atoms with Crippen LogP contribution in [0.4, 0.5) is 4.39 Å². The lowest BCUT2D eigenvalue weighted by atomic mass is 10.2. The third-order valence-electron chi connectivity index (χ3n) is 2.81. The van der Waals surface area contributed by atoms with Crippen molar-refractivity contribution in [3.8, 4) is 10.7 Å². The molecule has 0 amide bonds. The van der Waals surface area contributed by atoms with E-state index in [4.69, 9.17) is 0 Å². The van der Waals surface area contributed by atoms with Crippen LogP contribution in [0, 0.1) is 5.82 Å². The van der Waals surface area contributed by atoms with E-state index in [1.165, 1.54) is 11.6 Å². The minimum absolute atomic E-state index is 0.278. The summed E-state index contributed by atoms with van der Waals surface area (Å²) >= 11 is 1.63. The number of imidazole rings is 1. The number of thiophene rings is 1. The van der Waals surface area contributed by atoms with Crippen LogP contribution in [0.5, 0.6) is 0 Å². The molecule has 3 aromatic rings. The molecule has 0 saturated carbocycles. The average Bonchev–Trinajstić information content (AvgIpc) is 2.94. The van der Waals surface area contributed by atoms with Gasteiger partial charge in [0.2, 0.25) is 0 Å². The summed E-state index contributed by atoms with van der Waals surface area (Å²) < 4.78 is 13.5. The molecule has 0 unspecified atom stereocenters. The second-order valence-corrected chi connectivity index (χ2v) is 4.77. The molecule has 17 heavy (non-hydrogen) atoms. The molecule has 0 aliphatic heterocycles. The summed E-state index contributed by atoms with van der Waals surface area (Å²) in [5, 5.41) is 2.04. The summed E-state index contributed by atoms with van der Waals surface area (Å²) in [6.45, 7) is 2.11. The molecule has 0 saturated heterocycles. The minimum atomic E-state index is -0.278. The lowest BCUT2D eigenvalue weighted by Gasteiger charge is -1.95. The van der Waals surface area contributed by atoms with E-state index in [-0.39, 0.29) is 5.82 Å². The highest BCUT2D eigenvalue weighted by Gasteiger charge is 2.12. The number of halogens is 1. The summed E-state index contributed by atoms with van der Waals surface area (Å²) in [5.74, 6) is 0.483. The molecule has 1 N–H and O–H groups in total. The molecule has 0 atom stereocenters. The van der Waals surface area contributed by atoms with Crippen molar-refractivity contribution in [2.45, 2.75) is 13.3 Å². The predicted octanol–water partition coefficient (Wildman–Crippen LogP) is 3.99. The maximum Gasteiger partial charge on any atom is 0.151 e. The summed E-state index contributed by atoms with van der Waals surface area (Å²) in [7, 11) is 0. The Labute approximate surface area is 102 Å². The normalized spacial score (nSPS) is 11.2. The van der Waals surface area contributed by atoms with Crippen molar-refractivity contribution in [1.29, 1.82) is 0 Å². The van der Waals surface area contributed by atoms with Crippen molar-refractivity contribution < 1.29 is 4.39 Å².